The van der Waals surface area contributed by atoms with Crippen LogP contribution in [0.5, 0.6) is 0 Å². The van der Waals surface area contributed by atoms with Crippen LogP contribution in [0.4, 0.5) is 20.4 Å². The summed E-state index contributed by atoms with van der Waals surface area (Å²) in [4.78, 5) is 28.5. The molecule has 2 bridgehead atoms. The summed E-state index contributed by atoms with van der Waals surface area (Å²) in [5, 5.41) is 8.26. The van der Waals surface area contributed by atoms with Gasteiger partial charge in [0.1, 0.15) is 5.82 Å². The molecular weight excluding hydrogens is 430 g/mol. The van der Waals surface area contributed by atoms with E-state index < -0.39 is 11.7 Å². The van der Waals surface area contributed by atoms with Gasteiger partial charge in [0.05, 0.1) is 10.9 Å². The van der Waals surface area contributed by atoms with Crippen molar-refractivity contribution in [2.75, 3.05) is 30.4 Å². The molecule has 5 rings (SSSR count). The standard InChI is InChI=1S/C22H26F2N8O/c1-13(33)27-18-9-17-16(10-26-18)20(31-11-14-5-4-6-15(12-31)30(14)3)29-32(17)19-7-8-25-21(28-19)22(2,23)24/h7-10,14-15H,4-6,11-12H2,1-3H3,(H,26,27,33). The van der Waals surface area contributed by atoms with Crippen LogP contribution in [0.3, 0.4) is 0 Å². The Labute approximate surface area is 189 Å². The van der Waals surface area contributed by atoms with Crippen molar-refractivity contribution in [3.05, 3.63) is 30.4 Å². The Morgan fingerprint density at radius 3 is 2.61 bits per heavy atom. The molecule has 0 aromatic carbocycles. The smallest absolute Gasteiger partial charge is 0.303 e. The van der Waals surface area contributed by atoms with E-state index in [1.54, 1.807) is 18.3 Å². The summed E-state index contributed by atoms with van der Waals surface area (Å²) in [6, 6.07) is 4.11. The van der Waals surface area contributed by atoms with Crippen LogP contribution in [-0.2, 0) is 10.7 Å². The lowest BCUT2D eigenvalue weighted by atomic mass is 9.92. The number of anilines is 2. The van der Waals surface area contributed by atoms with Gasteiger partial charge in [-0.3, -0.25) is 9.69 Å². The largest absolute Gasteiger partial charge is 0.351 e. The van der Waals surface area contributed by atoms with Crippen LogP contribution in [0.2, 0.25) is 0 Å². The van der Waals surface area contributed by atoms with Gasteiger partial charge in [-0.2, -0.15) is 8.78 Å². The number of aromatic nitrogens is 5. The topological polar surface area (TPSA) is 92.1 Å². The van der Waals surface area contributed by atoms with E-state index in [9.17, 15) is 13.6 Å². The van der Waals surface area contributed by atoms with Crippen LogP contribution >= 0.6 is 0 Å². The number of amides is 1. The van der Waals surface area contributed by atoms with Gasteiger partial charge in [0, 0.05) is 63.5 Å². The highest BCUT2D eigenvalue weighted by Crippen LogP contribution is 2.35. The van der Waals surface area contributed by atoms with Crippen molar-refractivity contribution in [3.63, 3.8) is 0 Å². The molecule has 0 radical (unpaired) electrons. The van der Waals surface area contributed by atoms with Crippen LogP contribution in [-0.4, -0.2) is 67.8 Å². The predicted octanol–water partition coefficient (Wildman–Crippen LogP) is 2.95. The molecule has 1 N–H and O–H groups in total. The maximum atomic E-state index is 13.9. The number of pyridine rings is 1. The van der Waals surface area contributed by atoms with Crippen LogP contribution in [0, 0.1) is 0 Å². The van der Waals surface area contributed by atoms with Crippen molar-refractivity contribution in [2.24, 2.45) is 0 Å². The lowest BCUT2D eigenvalue weighted by Crippen LogP contribution is -2.59. The predicted molar refractivity (Wildman–Crippen MR) is 120 cm³/mol. The fourth-order valence-corrected chi connectivity index (χ4v) is 4.82. The second-order valence-electron chi connectivity index (χ2n) is 8.94. The third-order valence-corrected chi connectivity index (χ3v) is 6.49. The highest BCUT2D eigenvalue weighted by Gasteiger charge is 2.36. The molecule has 11 heteroatoms. The van der Waals surface area contributed by atoms with Gasteiger partial charge in [-0.25, -0.2) is 19.6 Å². The minimum atomic E-state index is -3.18. The first-order valence-electron chi connectivity index (χ1n) is 11.1. The van der Waals surface area contributed by atoms with Crippen LogP contribution in [0.25, 0.3) is 16.7 Å². The molecule has 2 unspecified atom stereocenters. The Hall–Kier alpha value is -3.21. The monoisotopic (exact) mass is 456 g/mol. The fraction of sp³-hybridized carbons (Fsp3) is 0.500. The van der Waals surface area contributed by atoms with E-state index in [1.165, 1.54) is 24.2 Å². The normalized spacial score (nSPS) is 21.4. The Morgan fingerprint density at radius 2 is 1.94 bits per heavy atom. The van der Waals surface area contributed by atoms with E-state index in [1.807, 2.05) is 0 Å². The molecule has 2 atom stereocenters. The number of halogens is 2. The average Bonchev–Trinajstić information content (AvgIpc) is 3.11. The van der Waals surface area contributed by atoms with Crippen LogP contribution in [0.1, 0.15) is 38.9 Å². The van der Waals surface area contributed by atoms with Gasteiger partial charge in [-0.15, -0.1) is 5.10 Å². The zero-order valence-electron chi connectivity index (χ0n) is 18.8. The summed E-state index contributed by atoms with van der Waals surface area (Å²) >= 11 is 0. The number of nitrogens with zero attached hydrogens (tertiary/aromatic N) is 7. The third kappa shape index (κ3) is 4.01. The lowest BCUT2D eigenvalue weighted by molar-refractivity contribution is -0.114. The zero-order chi connectivity index (χ0) is 23.3. The average molecular weight is 457 g/mol. The zero-order valence-corrected chi connectivity index (χ0v) is 18.8. The third-order valence-electron chi connectivity index (χ3n) is 6.49. The Morgan fingerprint density at radius 1 is 1.21 bits per heavy atom. The number of piperazine rings is 1. The van der Waals surface area contributed by atoms with Gasteiger partial charge in [0.15, 0.2) is 11.6 Å². The van der Waals surface area contributed by atoms with Gasteiger partial charge in [-0.1, -0.05) is 6.42 Å². The molecule has 3 aromatic rings. The molecular formula is C22H26F2N8O. The maximum absolute atomic E-state index is 13.9. The molecule has 174 valence electrons. The quantitative estimate of drug-likeness (QED) is 0.645. The molecule has 5 heterocycles. The summed E-state index contributed by atoms with van der Waals surface area (Å²) in [5.74, 6) is -2.69. The molecule has 0 saturated carbocycles. The summed E-state index contributed by atoms with van der Waals surface area (Å²) in [5.41, 5.74) is 0.622. The van der Waals surface area contributed by atoms with Gasteiger partial charge >= 0.3 is 5.92 Å². The van der Waals surface area contributed by atoms with E-state index in [0.29, 0.717) is 23.4 Å². The SMILES string of the molecule is CC(=O)Nc1cc2c(cn1)c(N1CC3CCCC(C1)N3C)nn2-c1ccnc(C(C)(F)F)n1. The summed E-state index contributed by atoms with van der Waals surface area (Å²) in [6.07, 6.45) is 6.46. The Kier molecular flexibility index (Phi) is 5.23. The molecule has 2 aliphatic rings. The number of fused-ring (bicyclic) bond motifs is 3. The maximum Gasteiger partial charge on any atom is 0.303 e. The summed E-state index contributed by atoms with van der Waals surface area (Å²) in [6.45, 7) is 3.82. The Bertz CT molecular complexity index is 1190. The highest BCUT2D eigenvalue weighted by atomic mass is 19.3. The van der Waals surface area contributed by atoms with E-state index in [2.05, 4.69) is 37.1 Å². The molecule has 9 nitrogen and oxygen atoms in total. The molecule has 0 spiro atoms. The molecule has 2 aliphatic heterocycles. The van der Waals surface area contributed by atoms with Crippen LogP contribution in [0.15, 0.2) is 24.5 Å². The number of likely N-dealkylation sites (N-methyl/N-ethyl adjacent to an activating group) is 1. The first kappa shape index (κ1) is 21.6. The number of carbonyl (C=O) groups excluding carboxylic acids is 1. The molecule has 2 saturated heterocycles. The number of carbonyl (C=O) groups is 1. The summed E-state index contributed by atoms with van der Waals surface area (Å²) in [7, 11) is 2.18. The van der Waals surface area contributed by atoms with Crippen molar-refractivity contribution in [1.82, 2.24) is 29.6 Å². The van der Waals surface area contributed by atoms with E-state index in [-0.39, 0.29) is 11.7 Å². The second-order valence-corrected chi connectivity index (χ2v) is 8.94. The van der Waals surface area contributed by atoms with Gasteiger partial charge in [0.2, 0.25) is 11.7 Å². The molecule has 0 aliphatic carbocycles. The van der Waals surface area contributed by atoms with E-state index in [4.69, 9.17) is 5.10 Å². The fourth-order valence-electron chi connectivity index (χ4n) is 4.82. The number of hydrogen-bond acceptors (Lipinski definition) is 7. The minimum Gasteiger partial charge on any atom is -0.351 e. The molecule has 2 fully saturated rings. The van der Waals surface area contributed by atoms with Gasteiger partial charge < -0.3 is 10.2 Å². The van der Waals surface area contributed by atoms with Crippen molar-refractivity contribution < 1.29 is 13.6 Å². The van der Waals surface area contributed by atoms with Crippen LogP contribution < -0.4 is 10.2 Å². The number of piperidine rings is 1. The first-order valence-corrected chi connectivity index (χ1v) is 11.1. The van der Waals surface area contributed by atoms with E-state index >= 15 is 0 Å². The van der Waals surface area contributed by atoms with Gasteiger partial charge in [-0.05, 0) is 19.9 Å². The number of alkyl halides is 2. The van der Waals surface area contributed by atoms with Crippen molar-refractivity contribution in [2.45, 2.75) is 51.1 Å². The highest BCUT2D eigenvalue weighted by molar-refractivity contribution is 5.95. The summed E-state index contributed by atoms with van der Waals surface area (Å²) < 4.78 is 29.4. The van der Waals surface area contributed by atoms with E-state index in [0.717, 1.165) is 44.1 Å². The van der Waals surface area contributed by atoms with Gasteiger partial charge in [0.25, 0.3) is 0 Å². The molecule has 3 aromatic heterocycles. The van der Waals surface area contributed by atoms with Crippen molar-refractivity contribution in [3.8, 4) is 5.82 Å². The van der Waals surface area contributed by atoms with Crippen molar-refractivity contribution >= 4 is 28.4 Å². The molecule has 1 amide bonds. The lowest BCUT2D eigenvalue weighted by Gasteiger charge is -2.48. The number of hydrogen-bond donors (Lipinski definition) is 1. The second kappa shape index (κ2) is 7.98. The number of nitrogens with one attached hydrogen (secondary N) is 1. The Balaban J connectivity index is 1.63. The first-order chi connectivity index (χ1) is 15.7. The molecule has 33 heavy (non-hydrogen) atoms. The minimum absolute atomic E-state index is 0.229. The number of rotatable bonds is 4. The van der Waals surface area contributed by atoms with Crippen molar-refractivity contribution in [1.29, 1.82) is 0 Å².